The lowest BCUT2D eigenvalue weighted by Crippen LogP contribution is -2.30. The van der Waals surface area contributed by atoms with Crippen LogP contribution < -0.4 is 10.6 Å². The third-order valence-corrected chi connectivity index (χ3v) is 7.40. The van der Waals surface area contributed by atoms with Crippen molar-refractivity contribution in [3.05, 3.63) is 60.9 Å². The highest BCUT2D eigenvalue weighted by molar-refractivity contribution is 7.22. The summed E-state index contributed by atoms with van der Waals surface area (Å²) in [5.41, 5.74) is 9.21. The van der Waals surface area contributed by atoms with Crippen LogP contribution in [-0.4, -0.2) is 39.9 Å². The Morgan fingerprint density at radius 1 is 1.09 bits per heavy atom. The maximum atomic E-state index is 5.96. The molecule has 0 unspecified atom stereocenters. The Morgan fingerprint density at radius 3 is 2.82 bits per heavy atom. The van der Waals surface area contributed by atoms with E-state index in [-0.39, 0.29) is 5.95 Å². The monoisotopic (exact) mass is 456 g/mol. The summed E-state index contributed by atoms with van der Waals surface area (Å²) in [5.74, 6) is 1.60. The van der Waals surface area contributed by atoms with Crippen molar-refractivity contribution in [1.82, 2.24) is 20.2 Å². The van der Waals surface area contributed by atoms with E-state index in [1.165, 1.54) is 15.0 Å². The maximum absolute atomic E-state index is 5.96. The predicted octanol–water partition coefficient (Wildman–Crippen LogP) is 5.38. The number of hydrogen-bond donors (Lipinski definition) is 2. The molecule has 166 valence electrons. The highest BCUT2D eigenvalue weighted by atomic mass is 32.1. The number of nitrogen functional groups attached to an aromatic ring is 1. The summed E-state index contributed by atoms with van der Waals surface area (Å²) in [6.45, 7) is 2.45. The van der Waals surface area contributed by atoms with E-state index in [2.05, 4.69) is 67.5 Å². The number of benzene rings is 2. The number of aromatic amines is 1. The molecule has 1 aliphatic rings. The summed E-state index contributed by atoms with van der Waals surface area (Å²) in [6.07, 6.45) is 5.68. The lowest BCUT2D eigenvalue weighted by Gasteiger charge is -2.31. The van der Waals surface area contributed by atoms with Crippen LogP contribution in [0.3, 0.4) is 0 Å². The van der Waals surface area contributed by atoms with Gasteiger partial charge >= 0.3 is 0 Å². The van der Waals surface area contributed by atoms with Gasteiger partial charge < -0.3 is 15.4 Å². The maximum Gasteiger partial charge on any atom is 0.221 e. The van der Waals surface area contributed by atoms with Crippen LogP contribution in [0.25, 0.3) is 31.4 Å². The second-order valence-electron chi connectivity index (χ2n) is 8.42. The first-order valence-corrected chi connectivity index (χ1v) is 12.0. The second kappa shape index (κ2) is 8.46. The molecule has 0 aliphatic carbocycles. The van der Waals surface area contributed by atoms with E-state index < -0.39 is 0 Å². The molecule has 2 aromatic carbocycles. The molecular formula is C25H24N6OS. The number of anilines is 3. The van der Waals surface area contributed by atoms with Crippen LogP contribution in [0.5, 0.6) is 0 Å². The van der Waals surface area contributed by atoms with Gasteiger partial charge in [-0.25, -0.2) is 4.98 Å². The van der Waals surface area contributed by atoms with E-state index in [0.29, 0.717) is 5.92 Å². The van der Waals surface area contributed by atoms with Gasteiger partial charge in [-0.1, -0.05) is 18.2 Å². The van der Waals surface area contributed by atoms with E-state index in [1.807, 2.05) is 12.3 Å². The quantitative estimate of drug-likeness (QED) is 0.369. The van der Waals surface area contributed by atoms with Crippen molar-refractivity contribution in [2.45, 2.75) is 12.8 Å². The molecule has 1 saturated heterocycles. The molecule has 3 aromatic heterocycles. The van der Waals surface area contributed by atoms with Gasteiger partial charge in [0.1, 0.15) is 5.82 Å². The van der Waals surface area contributed by atoms with Crippen molar-refractivity contribution in [1.29, 1.82) is 0 Å². The molecule has 3 N–H and O–H groups in total. The number of thiophene rings is 1. The van der Waals surface area contributed by atoms with Crippen LogP contribution >= 0.6 is 11.3 Å². The van der Waals surface area contributed by atoms with Crippen LogP contribution in [0, 0.1) is 5.92 Å². The summed E-state index contributed by atoms with van der Waals surface area (Å²) < 4.78 is 6.86. The smallest absolute Gasteiger partial charge is 0.221 e. The first kappa shape index (κ1) is 20.1. The Labute approximate surface area is 195 Å². The van der Waals surface area contributed by atoms with Gasteiger partial charge in [-0.3, -0.25) is 5.10 Å². The van der Waals surface area contributed by atoms with Gasteiger partial charge in [-0.2, -0.15) is 10.1 Å². The van der Waals surface area contributed by atoms with Crippen LogP contribution in [0.2, 0.25) is 0 Å². The van der Waals surface area contributed by atoms with Gasteiger partial charge in [0.15, 0.2) is 0 Å². The van der Waals surface area contributed by atoms with Gasteiger partial charge in [0.2, 0.25) is 5.95 Å². The molecule has 8 heteroatoms. The fraction of sp³-hybridized carbons (Fsp3) is 0.240. The van der Waals surface area contributed by atoms with E-state index >= 15 is 0 Å². The number of hydrogen-bond acceptors (Lipinski definition) is 7. The van der Waals surface area contributed by atoms with Gasteiger partial charge in [-0.15, -0.1) is 11.3 Å². The van der Waals surface area contributed by atoms with Crippen LogP contribution in [0.15, 0.2) is 60.9 Å². The normalized spacial score (nSPS) is 14.8. The Balaban J connectivity index is 1.49. The summed E-state index contributed by atoms with van der Waals surface area (Å²) in [5, 5.41) is 9.86. The molecule has 6 rings (SSSR count). The molecule has 4 heterocycles. The molecule has 7 nitrogen and oxygen atoms in total. The van der Waals surface area contributed by atoms with Gasteiger partial charge in [0, 0.05) is 52.2 Å². The SMILES string of the molecule is Nc1nccc(N(CC2CCOCC2)c2cc(-c3cc4ccccc4s3)c3[nH]ncc3c2)n1. The average molecular weight is 457 g/mol. The van der Waals surface area contributed by atoms with Gasteiger partial charge in [0.05, 0.1) is 11.7 Å². The summed E-state index contributed by atoms with van der Waals surface area (Å²) >= 11 is 1.79. The van der Waals surface area contributed by atoms with E-state index in [4.69, 9.17) is 10.5 Å². The van der Waals surface area contributed by atoms with E-state index in [1.54, 1.807) is 17.5 Å². The Hall–Kier alpha value is -3.49. The fourth-order valence-electron chi connectivity index (χ4n) is 4.54. The lowest BCUT2D eigenvalue weighted by atomic mass is 9.99. The zero-order valence-electron chi connectivity index (χ0n) is 18.1. The molecule has 33 heavy (non-hydrogen) atoms. The summed E-state index contributed by atoms with van der Waals surface area (Å²) in [7, 11) is 0. The predicted molar refractivity (Wildman–Crippen MR) is 134 cm³/mol. The highest BCUT2D eigenvalue weighted by Crippen LogP contribution is 2.40. The molecule has 0 atom stereocenters. The van der Waals surface area contributed by atoms with Crippen LogP contribution in [0.1, 0.15) is 12.8 Å². The average Bonchev–Trinajstić information content (AvgIpc) is 3.49. The van der Waals surface area contributed by atoms with Crippen molar-refractivity contribution in [3.63, 3.8) is 0 Å². The number of H-pyrrole nitrogens is 1. The largest absolute Gasteiger partial charge is 0.381 e. The second-order valence-corrected chi connectivity index (χ2v) is 9.50. The number of nitrogens with zero attached hydrogens (tertiary/aromatic N) is 4. The molecule has 1 aliphatic heterocycles. The minimum atomic E-state index is 0.276. The number of fused-ring (bicyclic) bond motifs is 2. The van der Waals surface area contributed by atoms with Crippen molar-refractivity contribution in [3.8, 4) is 10.4 Å². The van der Waals surface area contributed by atoms with Crippen molar-refractivity contribution < 1.29 is 4.74 Å². The van der Waals surface area contributed by atoms with E-state index in [0.717, 1.165) is 60.6 Å². The molecule has 0 radical (unpaired) electrons. The number of ether oxygens (including phenoxy) is 1. The van der Waals surface area contributed by atoms with Crippen molar-refractivity contribution in [2.75, 3.05) is 30.4 Å². The molecule has 0 amide bonds. The minimum absolute atomic E-state index is 0.276. The first-order chi connectivity index (χ1) is 16.2. The number of nitrogens with two attached hydrogens (primary N) is 1. The van der Waals surface area contributed by atoms with Crippen molar-refractivity contribution >= 4 is 49.8 Å². The molecule has 0 spiro atoms. The Kier molecular flexibility index (Phi) is 5.16. The molecular weight excluding hydrogens is 432 g/mol. The first-order valence-electron chi connectivity index (χ1n) is 11.1. The molecule has 1 fully saturated rings. The molecule has 5 aromatic rings. The Morgan fingerprint density at radius 2 is 1.97 bits per heavy atom. The zero-order chi connectivity index (χ0) is 22.2. The fourth-order valence-corrected chi connectivity index (χ4v) is 5.62. The zero-order valence-corrected chi connectivity index (χ0v) is 18.9. The number of nitrogens with one attached hydrogen (secondary N) is 1. The third-order valence-electron chi connectivity index (χ3n) is 6.25. The topological polar surface area (TPSA) is 92.9 Å². The van der Waals surface area contributed by atoms with Gasteiger partial charge in [0.25, 0.3) is 0 Å². The van der Waals surface area contributed by atoms with Gasteiger partial charge in [-0.05, 0) is 54.5 Å². The summed E-state index contributed by atoms with van der Waals surface area (Å²) in [4.78, 5) is 12.1. The summed E-state index contributed by atoms with van der Waals surface area (Å²) in [6, 6.07) is 17.1. The lowest BCUT2D eigenvalue weighted by molar-refractivity contribution is 0.0688. The number of aromatic nitrogens is 4. The molecule has 0 bridgehead atoms. The van der Waals surface area contributed by atoms with Crippen LogP contribution in [-0.2, 0) is 4.74 Å². The number of rotatable bonds is 5. The minimum Gasteiger partial charge on any atom is -0.381 e. The van der Waals surface area contributed by atoms with Crippen LogP contribution in [0.4, 0.5) is 17.5 Å². The highest BCUT2D eigenvalue weighted by Gasteiger charge is 2.22. The molecule has 0 saturated carbocycles. The third kappa shape index (κ3) is 3.92. The van der Waals surface area contributed by atoms with E-state index in [9.17, 15) is 0 Å². The Bertz CT molecular complexity index is 1390. The standard InChI is InChI=1S/C25H24N6OS/c26-25-27-8-5-23(29-25)31(15-16-6-9-32-10-7-16)19-11-18-14-28-30-24(18)20(13-19)22-12-17-3-1-2-4-21(17)33-22/h1-5,8,11-14,16H,6-7,9-10,15H2,(H,28,30)(H2,26,27,29). The van der Waals surface area contributed by atoms with Crippen molar-refractivity contribution in [2.24, 2.45) is 5.92 Å².